The molecule has 0 bridgehead atoms. The summed E-state index contributed by atoms with van der Waals surface area (Å²) in [5.74, 6) is -0.759. The summed E-state index contributed by atoms with van der Waals surface area (Å²) >= 11 is 0. The minimum absolute atomic E-state index is 0.369. The lowest BCUT2D eigenvalue weighted by atomic mass is 10.0. The molecule has 2 aromatic rings. The van der Waals surface area contributed by atoms with Gasteiger partial charge in [-0.15, -0.1) is 10.2 Å². The molecule has 40 heavy (non-hydrogen) atoms. The lowest BCUT2D eigenvalue weighted by molar-refractivity contribution is -0.227. The molecule has 0 fully saturated rings. The number of hydrogen-bond acceptors (Lipinski definition) is 6. The van der Waals surface area contributed by atoms with Gasteiger partial charge >= 0.3 is 0 Å². The lowest BCUT2D eigenvalue weighted by Crippen LogP contribution is -2.28. The number of unbranched alkanes of at least 4 members (excludes halogenated alkanes) is 13. The molecule has 0 unspecified atom stereocenters. The normalized spacial score (nSPS) is 12.2. The van der Waals surface area contributed by atoms with E-state index >= 15 is 0 Å². The van der Waals surface area contributed by atoms with Crippen LogP contribution in [0.5, 0.6) is 0 Å². The first-order valence-electron chi connectivity index (χ1n) is 16.5. The van der Waals surface area contributed by atoms with E-state index in [1.165, 1.54) is 109 Å². The van der Waals surface area contributed by atoms with Gasteiger partial charge in [0.15, 0.2) is 5.79 Å². The smallest absolute Gasteiger partial charge is 0.163 e. The summed E-state index contributed by atoms with van der Waals surface area (Å²) in [5.41, 5.74) is 1.68. The number of aryl methyl sites for hydroxylation is 1. The average molecular weight is 561 g/mol. The predicted octanol–water partition coefficient (Wildman–Crippen LogP) is 8.96. The molecular formula is C32H60N6O2. The highest BCUT2D eigenvalue weighted by atomic mass is 16.7. The minimum atomic E-state index is -0.759. The average Bonchev–Trinajstić information content (AvgIpc) is 3.61. The molecule has 0 saturated heterocycles. The molecule has 8 heteroatoms. The molecule has 0 aliphatic carbocycles. The Morgan fingerprint density at radius 3 is 1.68 bits per heavy atom. The molecule has 8 nitrogen and oxygen atoms in total. The van der Waals surface area contributed by atoms with E-state index in [4.69, 9.17) is 9.47 Å². The number of rotatable bonds is 26. The zero-order chi connectivity index (χ0) is 28.9. The van der Waals surface area contributed by atoms with Gasteiger partial charge in [0.25, 0.3) is 0 Å². The summed E-state index contributed by atoms with van der Waals surface area (Å²) in [6.07, 6.45) is 27.1. The molecule has 2 aromatic heterocycles. The van der Waals surface area contributed by atoms with Gasteiger partial charge in [0, 0.05) is 6.54 Å². The Labute approximate surface area is 245 Å². The van der Waals surface area contributed by atoms with E-state index in [-0.39, 0.29) is 0 Å². The van der Waals surface area contributed by atoms with Crippen LogP contribution in [0.2, 0.25) is 0 Å². The molecule has 230 valence electrons. The summed E-state index contributed by atoms with van der Waals surface area (Å²) in [7, 11) is 0. The van der Waals surface area contributed by atoms with Crippen molar-refractivity contribution in [2.24, 2.45) is 0 Å². The van der Waals surface area contributed by atoms with Crippen molar-refractivity contribution in [2.75, 3.05) is 0 Å². The van der Waals surface area contributed by atoms with Gasteiger partial charge in [0.1, 0.15) is 11.4 Å². The summed E-state index contributed by atoms with van der Waals surface area (Å²) in [6.45, 7) is 12.3. The monoisotopic (exact) mass is 560 g/mol. The van der Waals surface area contributed by atoms with Gasteiger partial charge < -0.3 is 9.47 Å². The molecule has 0 amide bonds. The van der Waals surface area contributed by atoms with Gasteiger partial charge in [-0.1, -0.05) is 128 Å². The van der Waals surface area contributed by atoms with Gasteiger partial charge in [-0.3, -0.25) is 4.68 Å². The fraction of sp³-hybridized carbons (Fsp3) is 0.875. The van der Waals surface area contributed by atoms with E-state index in [1.807, 2.05) is 24.7 Å². The maximum Gasteiger partial charge on any atom is 0.163 e. The van der Waals surface area contributed by atoms with Crippen LogP contribution in [0.4, 0.5) is 0 Å². The third kappa shape index (κ3) is 15.3. The van der Waals surface area contributed by atoms with Crippen LogP contribution in [0.25, 0.3) is 0 Å². The van der Waals surface area contributed by atoms with Crippen LogP contribution in [0.3, 0.4) is 0 Å². The summed E-state index contributed by atoms with van der Waals surface area (Å²) in [4.78, 5) is 0. The van der Waals surface area contributed by atoms with Crippen molar-refractivity contribution in [3.8, 4) is 0 Å². The highest BCUT2D eigenvalue weighted by Gasteiger charge is 2.21. The van der Waals surface area contributed by atoms with Crippen molar-refractivity contribution < 1.29 is 9.47 Å². The molecule has 0 atom stereocenters. The first kappa shape index (κ1) is 34.4. The van der Waals surface area contributed by atoms with Crippen LogP contribution in [-0.2, 0) is 29.2 Å². The van der Waals surface area contributed by atoms with E-state index in [9.17, 15) is 0 Å². The number of ether oxygens (including phenoxy) is 2. The Hall–Kier alpha value is -1.80. The summed E-state index contributed by atoms with van der Waals surface area (Å²) in [5, 5.41) is 17.5. The molecule has 0 radical (unpaired) electrons. The van der Waals surface area contributed by atoms with Crippen molar-refractivity contribution in [2.45, 2.75) is 182 Å². The highest BCUT2D eigenvalue weighted by Crippen LogP contribution is 2.24. The van der Waals surface area contributed by atoms with Gasteiger partial charge in [0.2, 0.25) is 0 Å². The van der Waals surface area contributed by atoms with Crippen molar-refractivity contribution in [3.05, 3.63) is 23.8 Å². The Balaban J connectivity index is 1.76. The quantitative estimate of drug-likeness (QED) is 0.0844. The van der Waals surface area contributed by atoms with Gasteiger partial charge in [-0.2, -0.15) is 0 Å². The summed E-state index contributed by atoms with van der Waals surface area (Å²) < 4.78 is 16.2. The van der Waals surface area contributed by atoms with Gasteiger partial charge in [0.05, 0.1) is 31.6 Å². The molecule has 0 N–H and O–H groups in total. The van der Waals surface area contributed by atoms with Crippen LogP contribution in [0.1, 0.15) is 168 Å². The van der Waals surface area contributed by atoms with Crippen LogP contribution in [0.15, 0.2) is 12.4 Å². The van der Waals surface area contributed by atoms with E-state index in [0.29, 0.717) is 19.3 Å². The molecule has 0 aromatic carbocycles. The Bertz CT molecular complexity index is 851. The second-order valence-electron chi connectivity index (χ2n) is 12.0. The van der Waals surface area contributed by atoms with Crippen LogP contribution in [-0.4, -0.2) is 35.8 Å². The molecule has 0 spiro atoms. The first-order valence-corrected chi connectivity index (χ1v) is 16.5. The van der Waals surface area contributed by atoms with Crippen molar-refractivity contribution in [1.82, 2.24) is 30.0 Å². The fourth-order valence-corrected chi connectivity index (χ4v) is 5.04. The van der Waals surface area contributed by atoms with Crippen LogP contribution >= 0.6 is 0 Å². The molecule has 2 heterocycles. The first-order chi connectivity index (χ1) is 19.5. The van der Waals surface area contributed by atoms with E-state index < -0.39 is 5.79 Å². The highest BCUT2D eigenvalue weighted by molar-refractivity contribution is 4.92. The molecule has 0 saturated carbocycles. The minimum Gasteiger partial charge on any atom is -0.344 e. The van der Waals surface area contributed by atoms with Crippen LogP contribution in [0, 0.1) is 0 Å². The fourth-order valence-electron chi connectivity index (χ4n) is 5.04. The van der Waals surface area contributed by atoms with E-state index in [2.05, 4.69) is 52.3 Å². The van der Waals surface area contributed by atoms with E-state index in [1.54, 1.807) is 0 Å². The second-order valence-corrected chi connectivity index (χ2v) is 12.0. The molecule has 2 rings (SSSR count). The van der Waals surface area contributed by atoms with Crippen LogP contribution < -0.4 is 0 Å². The molecular weight excluding hydrogens is 500 g/mol. The largest absolute Gasteiger partial charge is 0.344 e. The Morgan fingerprint density at radius 1 is 0.625 bits per heavy atom. The van der Waals surface area contributed by atoms with E-state index in [0.717, 1.165) is 24.4 Å². The summed E-state index contributed by atoms with van der Waals surface area (Å²) in [6, 6.07) is 0.424. The lowest BCUT2D eigenvalue weighted by Gasteiger charge is -2.24. The Kier molecular flexibility index (Phi) is 18.0. The van der Waals surface area contributed by atoms with Gasteiger partial charge in [-0.05, 0) is 33.1 Å². The van der Waals surface area contributed by atoms with Crippen molar-refractivity contribution in [1.29, 1.82) is 0 Å². The number of aromatic nitrogens is 6. The standard InChI is InChI=1S/C32H60N6O2/c1-6-9-12-15-18-21-24-37-25-29(33-35-37)27-39-32(4,5)40-28-30-26-38(36-34-30)31(22-19-16-13-10-7-2)23-20-17-14-11-8-3/h25-26,31H,6-24,27-28H2,1-5H3. The predicted molar refractivity (Wildman–Crippen MR) is 163 cm³/mol. The maximum atomic E-state index is 6.11. The van der Waals surface area contributed by atoms with Gasteiger partial charge in [-0.25, -0.2) is 4.68 Å². The third-order valence-corrected chi connectivity index (χ3v) is 7.68. The zero-order valence-corrected chi connectivity index (χ0v) is 26.6. The maximum absolute atomic E-state index is 6.11. The van der Waals surface area contributed by atoms with Crippen molar-refractivity contribution in [3.63, 3.8) is 0 Å². The molecule has 0 aliphatic heterocycles. The van der Waals surface area contributed by atoms with Crippen molar-refractivity contribution >= 4 is 0 Å². The number of hydrogen-bond donors (Lipinski definition) is 0. The number of nitrogens with zero attached hydrogens (tertiary/aromatic N) is 6. The zero-order valence-electron chi connectivity index (χ0n) is 26.6. The Morgan fingerprint density at radius 2 is 1.10 bits per heavy atom. The second kappa shape index (κ2) is 21.0. The topological polar surface area (TPSA) is 79.9 Å². The third-order valence-electron chi connectivity index (χ3n) is 7.68. The SMILES string of the molecule is CCCCCCCCn1cc(COC(C)(C)OCc2cn(C(CCCCCCC)CCCCCCC)nn2)nn1. The molecule has 0 aliphatic rings.